The first kappa shape index (κ1) is 12.7. The summed E-state index contributed by atoms with van der Waals surface area (Å²) in [7, 11) is 0. The van der Waals surface area contributed by atoms with Gasteiger partial charge in [0.05, 0.1) is 0 Å². The summed E-state index contributed by atoms with van der Waals surface area (Å²) in [5, 5.41) is 0. The zero-order valence-electron chi connectivity index (χ0n) is 9.69. The molecule has 0 spiro atoms. The third-order valence-corrected chi connectivity index (χ3v) is 3.34. The molecule has 0 amide bonds. The summed E-state index contributed by atoms with van der Waals surface area (Å²) in [5.41, 5.74) is 1.55. The van der Waals surface area contributed by atoms with E-state index in [4.69, 9.17) is 9.59 Å². The van der Waals surface area contributed by atoms with Crippen molar-refractivity contribution in [3.63, 3.8) is 0 Å². The number of carbonyl (C=O) groups excluding carboxylic acids is 2. The first-order valence-electron chi connectivity index (χ1n) is 5.83. The van der Waals surface area contributed by atoms with Crippen molar-refractivity contribution >= 4 is 6.15 Å². The third kappa shape index (κ3) is 3.63. The van der Waals surface area contributed by atoms with Crippen LogP contribution in [0.3, 0.4) is 0 Å². The zero-order valence-corrected chi connectivity index (χ0v) is 9.69. The molecule has 1 aliphatic rings. The van der Waals surface area contributed by atoms with E-state index in [1.165, 1.54) is 25.7 Å². The van der Waals surface area contributed by atoms with Crippen molar-refractivity contribution in [1.82, 2.24) is 0 Å². The Morgan fingerprint density at radius 1 is 1.06 bits per heavy atom. The molecule has 2 heteroatoms. The fourth-order valence-corrected chi connectivity index (χ4v) is 2.51. The summed E-state index contributed by atoms with van der Waals surface area (Å²) in [6.45, 7) is 2.40. The first-order valence-corrected chi connectivity index (χ1v) is 5.83. The van der Waals surface area contributed by atoms with Crippen molar-refractivity contribution in [1.29, 1.82) is 0 Å². The molecular weight excluding hydrogens is 200 g/mol. The van der Waals surface area contributed by atoms with E-state index in [0.717, 1.165) is 11.8 Å². The number of hydrogen-bond donors (Lipinski definition) is 0. The summed E-state index contributed by atoms with van der Waals surface area (Å²) in [6, 6.07) is 11.0. The Hall–Kier alpha value is -1.40. The maximum Gasteiger partial charge on any atom is 0.373 e. The normalized spacial score (nSPS) is 23.8. The molecular formula is C14H18O2. The molecule has 0 aromatic heterocycles. The number of benzene rings is 1. The maximum absolute atomic E-state index is 8.12. The van der Waals surface area contributed by atoms with Gasteiger partial charge in [0.2, 0.25) is 0 Å². The second-order valence-corrected chi connectivity index (χ2v) is 4.36. The van der Waals surface area contributed by atoms with Crippen LogP contribution >= 0.6 is 0 Å². The Bertz CT molecular complexity index is 326. The lowest BCUT2D eigenvalue weighted by molar-refractivity contribution is -0.191. The summed E-state index contributed by atoms with van der Waals surface area (Å²) < 4.78 is 0. The second-order valence-electron chi connectivity index (χ2n) is 4.36. The van der Waals surface area contributed by atoms with Gasteiger partial charge in [-0.15, -0.1) is 0 Å². The lowest BCUT2D eigenvalue weighted by atomic mass is 9.76. The molecule has 0 unspecified atom stereocenters. The van der Waals surface area contributed by atoms with E-state index in [-0.39, 0.29) is 6.15 Å². The molecule has 2 rings (SSSR count). The number of hydrogen-bond acceptors (Lipinski definition) is 2. The van der Waals surface area contributed by atoms with E-state index < -0.39 is 0 Å². The van der Waals surface area contributed by atoms with Crippen molar-refractivity contribution in [2.45, 2.75) is 38.5 Å². The molecule has 1 aromatic carbocycles. The van der Waals surface area contributed by atoms with Crippen LogP contribution in [0.5, 0.6) is 0 Å². The first-order chi connectivity index (χ1) is 7.79. The Balaban J connectivity index is 0.000000386. The third-order valence-electron chi connectivity index (χ3n) is 3.34. The van der Waals surface area contributed by atoms with Crippen LogP contribution < -0.4 is 0 Å². The average molecular weight is 218 g/mol. The van der Waals surface area contributed by atoms with Gasteiger partial charge in [0.25, 0.3) is 0 Å². The standard InChI is InChI=1S/C13H18.CO2/c1-11-7-5-6-10-13(11)12-8-3-2-4-9-12;2-1-3/h2-4,8-9,11,13H,5-7,10H2,1H3;/t11-,13+;/m1./s1. The van der Waals surface area contributed by atoms with Crippen LogP contribution in [0, 0.1) is 5.92 Å². The van der Waals surface area contributed by atoms with Crippen LogP contribution in [-0.2, 0) is 9.59 Å². The summed E-state index contributed by atoms with van der Waals surface area (Å²) in [5.74, 6) is 1.71. The SMILES string of the molecule is C[C@@H]1CCCC[C@@H]1c1ccccc1.O=C=O. The van der Waals surface area contributed by atoms with E-state index in [1.54, 1.807) is 5.56 Å². The molecule has 2 atom stereocenters. The quantitative estimate of drug-likeness (QED) is 0.724. The predicted molar refractivity (Wildman–Crippen MR) is 61.8 cm³/mol. The molecule has 0 aliphatic heterocycles. The maximum atomic E-state index is 8.12. The van der Waals surface area contributed by atoms with Gasteiger partial charge in [0, 0.05) is 0 Å². The van der Waals surface area contributed by atoms with E-state index in [0.29, 0.717) is 0 Å². The lowest BCUT2D eigenvalue weighted by Gasteiger charge is -2.29. The minimum Gasteiger partial charge on any atom is -0.186 e. The van der Waals surface area contributed by atoms with Gasteiger partial charge in [0.1, 0.15) is 0 Å². The molecule has 1 aromatic rings. The van der Waals surface area contributed by atoms with Crippen molar-refractivity contribution in [3.05, 3.63) is 35.9 Å². The number of rotatable bonds is 1. The topological polar surface area (TPSA) is 34.1 Å². The summed E-state index contributed by atoms with van der Waals surface area (Å²) >= 11 is 0. The predicted octanol–water partition coefficient (Wildman–Crippen LogP) is 3.40. The Morgan fingerprint density at radius 3 is 2.19 bits per heavy atom. The second kappa shape index (κ2) is 6.97. The van der Waals surface area contributed by atoms with Gasteiger partial charge in [-0.3, -0.25) is 0 Å². The van der Waals surface area contributed by atoms with E-state index >= 15 is 0 Å². The zero-order chi connectivity index (χ0) is 11.8. The highest BCUT2D eigenvalue weighted by molar-refractivity contribution is 5.20. The smallest absolute Gasteiger partial charge is 0.186 e. The van der Waals surface area contributed by atoms with Gasteiger partial charge < -0.3 is 0 Å². The molecule has 1 aliphatic carbocycles. The Labute approximate surface area is 96.7 Å². The molecule has 0 bridgehead atoms. The fourth-order valence-electron chi connectivity index (χ4n) is 2.51. The monoisotopic (exact) mass is 218 g/mol. The molecule has 86 valence electrons. The molecule has 1 saturated carbocycles. The molecule has 0 N–H and O–H groups in total. The lowest BCUT2D eigenvalue weighted by Crippen LogP contribution is -2.14. The minimum atomic E-state index is 0.250. The Morgan fingerprint density at radius 2 is 1.62 bits per heavy atom. The van der Waals surface area contributed by atoms with Crippen LogP contribution in [0.1, 0.15) is 44.1 Å². The van der Waals surface area contributed by atoms with E-state index in [1.807, 2.05) is 0 Å². The van der Waals surface area contributed by atoms with Crippen LogP contribution in [-0.4, -0.2) is 6.15 Å². The molecule has 0 radical (unpaired) electrons. The van der Waals surface area contributed by atoms with Crippen LogP contribution in [0.25, 0.3) is 0 Å². The van der Waals surface area contributed by atoms with Gasteiger partial charge in [-0.2, -0.15) is 9.59 Å². The van der Waals surface area contributed by atoms with Crippen molar-refractivity contribution < 1.29 is 9.59 Å². The van der Waals surface area contributed by atoms with Gasteiger partial charge in [-0.25, -0.2) is 0 Å². The highest BCUT2D eigenvalue weighted by Crippen LogP contribution is 2.36. The fraction of sp³-hybridized carbons (Fsp3) is 0.500. The highest BCUT2D eigenvalue weighted by Gasteiger charge is 2.22. The largest absolute Gasteiger partial charge is 0.373 e. The van der Waals surface area contributed by atoms with Crippen molar-refractivity contribution in [3.8, 4) is 0 Å². The minimum absolute atomic E-state index is 0.250. The van der Waals surface area contributed by atoms with E-state index in [9.17, 15) is 0 Å². The van der Waals surface area contributed by atoms with E-state index in [2.05, 4.69) is 37.3 Å². The van der Waals surface area contributed by atoms with Gasteiger partial charge >= 0.3 is 6.15 Å². The summed E-state index contributed by atoms with van der Waals surface area (Å²) in [4.78, 5) is 16.2. The molecule has 1 fully saturated rings. The van der Waals surface area contributed by atoms with Crippen molar-refractivity contribution in [2.24, 2.45) is 5.92 Å². The van der Waals surface area contributed by atoms with Gasteiger partial charge in [-0.1, -0.05) is 56.5 Å². The van der Waals surface area contributed by atoms with Crippen LogP contribution in [0.2, 0.25) is 0 Å². The molecule has 0 saturated heterocycles. The highest BCUT2D eigenvalue weighted by atomic mass is 16.2. The van der Waals surface area contributed by atoms with Crippen LogP contribution in [0.15, 0.2) is 30.3 Å². The van der Waals surface area contributed by atoms with Gasteiger partial charge in [-0.05, 0) is 23.8 Å². The molecule has 2 nitrogen and oxygen atoms in total. The molecule has 0 heterocycles. The summed E-state index contributed by atoms with van der Waals surface area (Å²) in [6.07, 6.45) is 5.92. The average Bonchev–Trinajstić information content (AvgIpc) is 2.32. The van der Waals surface area contributed by atoms with Crippen LogP contribution in [0.4, 0.5) is 0 Å². The Kier molecular flexibility index (Phi) is 5.52. The van der Waals surface area contributed by atoms with Crippen molar-refractivity contribution in [2.75, 3.05) is 0 Å². The molecule has 16 heavy (non-hydrogen) atoms. The van der Waals surface area contributed by atoms with Gasteiger partial charge in [0.15, 0.2) is 0 Å².